The summed E-state index contributed by atoms with van der Waals surface area (Å²) in [5.41, 5.74) is 0. The largest absolute Gasteiger partial charge is 0.358 e. The molecule has 0 aliphatic carbocycles. The molecule has 0 amide bonds. The van der Waals surface area contributed by atoms with Crippen molar-refractivity contribution in [3.8, 4) is 0 Å². The average molecular weight is 331 g/mol. The van der Waals surface area contributed by atoms with E-state index in [1.807, 2.05) is 6.92 Å². The zero-order valence-electron chi connectivity index (χ0n) is 4.40. The van der Waals surface area contributed by atoms with Crippen LogP contribution in [0.4, 0.5) is 0 Å². The molecule has 1 radical (unpaired) electrons. The summed E-state index contributed by atoms with van der Waals surface area (Å²) in [6.45, 7) is 5.50. The van der Waals surface area contributed by atoms with Crippen LogP contribution >= 0.6 is 0 Å². The van der Waals surface area contributed by atoms with E-state index < -0.39 is 0 Å². The summed E-state index contributed by atoms with van der Waals surface area (Å²) in [5.74, 6) is 0. The minimum absolute atomic E-state index is 0. The standard InChI is InChI=1S/C3H7.CH3.W.Y/c1-3-2;;;/h1,3H2,2H3;1H3;;/q2*-1;;. The average Bonchev–Trinajstić information content (AvgIpc) is 0.918. The quantitative estimate of drug-likeness (QED) is 0.593. The van der Waals surface area contributed by atoms with Crippen LogP contribution in [0.3, 0.4) is 0 Å². The van der Waals surface area contributed by atoms with Crippen LogP contribution in [0, 0.1) is 14.4 Å². The van der Waals surface area contributed by atoms with Gasteiger partial charge >= 0.3 is 0 Å². The molecule has 0 aromatic carbocycles. The third-order valence-electron chi connectivity index (χ3n) is 0. The van der Waals surface area contributed by atoms with Gasteiger partial charge in [-0.05, 0) is 0 Å². The summed E-state index contributed by atoms with van der Waals surface area (Å²) in [6, 6.07) is 0. The Balaban J connectivity index is -0.00000000667. The van der Waals surface area contributed by atoms with Gasteiger partial charge in [-0.15, -0.1) is 0 Å². The molecule has 6 heavy (non-hydrogen) atoms. The van der Waals surface area contributed by atoms with Crippen molar-refractivity contribution in [2.45, 2.75) is 13.3 Å². The first-order valence-corrected chi connectivity index (χ1v) is 1.21. The Morgan fingerprint density at radius 3 is 1.50 bits per heavy atom. The first kappa shape index (κ1) is 25.0. The van der Waals surface area contributed by atoms with E-state index in [0.717, 1.165) is 6.42 Å². The van der Waals surface area contributed by atoms with E-state index in [-0.39, 0.29) is 61.2 Å². The smallest absolute Gasteiger partial charge is 0 e. The molecule has 0 aromatic rings. The van der Waals surface area contributed by atoms with Gasteiger partial charge in [-0.1, -0.05) is 6.92 Å². The van der Waals surface area contributed by atoms with Crippen LogP contribution in [-0.2, 0) is 53.8 Å². The van der Waals surface area contributed by atoms with E-state index in [0.29, 0.717) is 0 Å². The maximum atomic E-state index is 3.49. The van der Waals surface area contributed by atoms with E-state index >= 15 is 0 Å². The molecule has 0 atom stereocenters. The molecule has 0 saturated heterocycles. The fourth-order valence-electron chi connectivity index (χ4n) is 0. The maximum absolute atomic E-state index is 3.49. The van der Waals surface area contributed by atoms with Crippen molar-refractivity contribution in [1.29, 1.82) is 0 Å². The summed E-state index contributed by atoms with van der Waals surface area (Å²) in [4.78, 5) is 0. The van der Waals surface area contributed by atoms with E-state index in [1.54, 1.807) is 0 Å². The summed E-state index contributed by atoms with van der Waals surface area (Å²) in [7, 11) is 0. The summed E-state index contributed by atoms with van der Waals surface area (Å²) in [5, 5.41) is 0. The van der Waals surface area contributed by atoms with Gasteiger partial charge in [0.05, 0.1) is 0 Å². The molecule has 2 heteroatoms. The molecule has 0 saturated carbocycles. The Morgan fingerprint density at radius 2 is 1.50 bits per heavy atom. The Bertz CT molecular complexity index is 7.51. The number of hydrogen-bond acceptors (Lipinski definition) is 0. The van der Waals surface area contributed by atoms with Crippen LogP contribution in [0.5, 0.6) is 0 Å². The van der Waals surface area contributed by atoms with E-state index in [1.165, 1.54) is 0 Å². The Hall–Kier alpha value is 1.79. The van der Waals surface area contributed by atoms with Crippen LogP contribution in [0.25, 0.3) is 0 Å². The summed E-state index contributed by atoms with van der Waals surface area (Å²) < 4.78 is 0. The van der Waals surface area contributed by atoms with Gasteiger partial charge in [-0.2, -0.15) is 6.42 Å². The summed E-state index contributed by atoms with van der Waals surface area (Å²) >= 11 is 0. The first-order chi connectivity index (χ1) is 1.41. The molecule has 0 bridgehead atoms. The third kappa shape index (κ3) is 41.4. The molecule has 0 aliphatic heterocycles. The molecule has 0 aliphatic rings. The minimum atomic E-state index is 0. The number of hydrogen-bond donors (Lipinski definition) is 0. The van der Waals surface area contributed by atoms with Gasteiger partial charge in [0.15, 0.2) is 0 Å². The van der Waals surface area contributed by atoms with Crippen molar-refractivity contribution in [3.05, 3.63) is 14.4 Å². The monoisotopic (exact) mass is 331 g/mol. The second-order valence-corrected chi connectivity index (χ2v) is 0.500. The summed E-state index contributed by atoms with van der Waals surface area (Å²) in [6.07, 6.45) is 1.00. The topological polar surface area (TPSA) is 0 Å². The normalized spacial score (nSPS) is 3.00. The molecule has 0 fully saturated rings. The SMILES string of the molecule is [CH2-]CC.[CH3-].[W].[Y]. The van der Waals surface area contributed by atoms with Gasteiger partial charge < -0.3 is 14.4 Å². The second-order valence-electron chi connectivity index (χ2n) is 0.500. The Kier molecular flexibility index (Phi) is 122. The van der Waals surface area contributed by atoms with Crippen LogP contribution in [-0.4, -0.2) is 0 Å². The van der Waals surface area contributed by atoms with Crippen molar-refractivity contribution in [3.63, 3.8) is 0 Å². The molecule has 0 N–H and O–H groups in total. The van der Waals surface area contributed by atoms with E-state index in [4.69, 9.17) is 0 Å². The predicted octanol–water partition coefficient (Wildman–Crippen LogP) is 1.68. The molecular formula is C4H10WY-2. The fraction of sp³-hybridized carbons (Fsp3) is 0.500. The Labute approximate surface area is 80.6 Å². The fourth-order valence-corrected chi connectivity index (χ4v) is 0. The minimum Gasteiger partial charge on any atom is -0.358 e. The molecule has 0 nitrogen and oxygen atoms in total. The van der Waals surface area contributed by atoms with Gasteiger partial charge in [-0.25, -0.2) is 0 Å². The van der Waals surface area contributed by atoms with Crippen molar-refractivity contribution in [1.82, 2.24) is 0 Å². The zero-order chi connectivity index (χ0) is 2.71. The van der Waals surface area contributed by atoms with Crippen LogP contribution < -0.4 is 0 Å². The van der Waals surface area contributed by atoms with Gasteiger partial charge in [0, 0.05) is 53.8 Å². The zero-order valence-corrected chi connectivity index (χ0v) is 10.2. The Morgan fingerprint density at radius 1 is 1.50 bits per heavy atom. The van der Waals surface area contributed by atoms with Gasteiger partial charge in [-0.3, -0.25) is 0 Å². The van der Waals surface area contributed by atoms with Crippen molar-refractivity contribution in [2.24, 2.45) is 0 Å². The third-order valence-corrected chi connectivity index (χ3v) is 0. The van der Waals surface area contributed by atoms with Gasteiger partial charge in [0.2, 0.25) is 0 Å². The second kappa shape index (κ2) is 29.2. The van der Waals surface area contributed by atoms with Gasteiger partial charge in [0.1, 0.15) is 0 Å². The molecule has 0 aromatic heterocycles. The van der Waals surface area contributed by atoms with E-state index in [2.05, 4.69) is 6.92 Å². The molecule has 0 unspecified atom stereocenters. The molecular weight excluding hydrogens is 321 g/mol. The molecule has 0 rings (SSSR count). The first-order valence-electron chi connectivity index (χ1n) is 1.21. The van der Waals surface area contributed by atoms with Crippen LogP contribution in [0.2, 0.25) is 0 Å². The van der Waals surface area contributed by atoms with E-state index in [9.17, 15) is 0 Å². The van der Waals surface area contributed by atoms with Crippen molar-refractivity contribution >= 4 is 0 Å². The molecule has 0 spiro atoms. The predicted molar refractivity (Wildman–Crippen MR) is 22.1 cm³/mol. The molecule has 0 heterocycles. The van der Waals surface area contributed by atoms with Crippen LogP contribution in [0.1, 0.15) is 13.3 Å². The van der Waals surface area contributed by atoms with Crippen molar-refractivity contribution < 1.29 is 53.8 Å². The van der Waals surface area contributed by atoms with Crippen molar-refractivity contribution in [2.75, 3.05) is 0 Å². The maximum Gasteiger partial charge on any atom is 0 e. The van der Waals surface area contributed by atoms with Gasteiger partial charge in [0.25, 0.3) is 0 Å². The number of rotatable bonds is 0. The molecule has 37 valence electrons. The van der Waals surface area contributed by atoms with Crippen LogP contribution in [0.15, 0.2) is 0 Å².